The number of rotatable bonds is 7. The van der Waals surface area contributed by atoms with Crippen LogP contribution >= 0.6 is 0 Å². The van der Waals surface area contributed by atoms with Crippen molar-refractivity contribution in [1.82, 2.24) is 5.32 Å². The Balaban J connectivity index is 3.55. The molecular formula is C11H18F3NO. The minimum atomic E-state index is -2.31. The first-order chi connectivity index (χ1) is 7.43. The van der Waals surface area contributed by atoms with E-state index < -0.39 is 18.3 Å². The van der Waals surface area contributed by atoms with Crippen molar-refractivity contribution in [3.8, 4) is 0 Å². The van der Waals surface area contributed by atoms with Gasteiger partial charge in [0.25, 0.3) is 0 Å². The van der Waals surface area contributed by atoms with E-state index in [4.69, 9.17) is 0 Å². The van der Waals surface area contributed by atoms with E-state index in [-0.39, 0.29) is 12.5 Å². The van der Waals surface area contributed by atoms with Gasteiger partial charge in [-0.25, -0.2) is 4.39 Å². The van der Waals surface area contributed by atoms with Crippen molar-refractivity contribution in [3.63, 3.8) is 0 Å². The van der Waals surface area contributed by atoms with Crippen LogP contribution in [-0.2, 0) is 4.79 Å². The Morgan fingerprint density at radius 3 is 2.31 bits per heavy atom. The van der Waals surface area contributed by atoms with Gasteiger partial charge in [0.2, 0.25) is 5.91 Å². The smallest absolute Gasteiger partial charge is 0.301 e. The molecule has 0 aliphatic carbocycles. The molecule has 0 radical (unpaired) electrons. The van der Waals surface area contributed by atoms with Crippen LogP contribution < -0.4 is 5.32 Å². The lowest BCUT2D eigenvalue weighted by atomic mass is 10.1. The Kier molecular flexibility index (Phi) is 7.68. The molecule has 2 nitrogen and oxygen atoms in total. The third-order valence-electron chi connectivity index (χ3n) is 2.06. The van der Waals surface area contributed by atoms with Gasteiger partial charge >= 0.3 is 6.08 Å². The maximum atomic E-state index is 12.3. The quantitative estimate of drug-likeness (QED) is 0.722. The second-order valence-corrected chi connectivity index (χ2v) is 4.05. The summed E-state index contributed by atoms with van der Waals surface area (Å²) in [6.07, 6.45) is -0.686. The zero-order valence-corrected chi connectivity index (χ0v) is 9.66. The Labute approximate surface area is 93.9 Å². The molecule has 0 unspecified atom stereocenters. The van der Waals surface area contributed by atoms with E-state index in [2.05, 4.69) is 19.2 Å². The van der Waals surface area contributed by atoms with Crippen molar-refractivity contribution in [1.29, 1.82) is 0 Å². The van der Waals surface area contributed by atoms with Crippen LogP contribution in [0.25, 0.3) is 0 Å². The molecule has 0 aromatic heterocycles. The fourth-order valence-electron chi connectivity index (χ4n) is 1.17. The highest BCUT2D eigenvalue weighted by atomic mass is 19.3. The molecule has 0 aromatic rings. The Hall–Kier alpha value is -1.00. The highest BCUT2D eigenvalue weighted by Crippen LogP contribution is 2.12. The topological polar surface area (TPSA) is 29.1 Å². The van der Waals surface area contributed by atoms with Crippen LogP contribution in [0.4, 0.5) is 13.2 Å². The number of carbonyl (C=O) groups excluding carboxylic acids is 1. The summed E-state index contributed by atoms with van der Waals surface area (Å²) in [6, 6.07) is 0. The first-order valence-corrected chi connectivity index (χ1v) is 5.39. The first kappa shape index (κ1) is 15.0. The van der Waals surface area contributed by atoms with Crippen molar-refractivity contribution < 1.29 is 18.0 Å². The highest BCUT2D eigenvalue weighted by molar-refractivity contribution is 5.75. The summed E-state index contributed by atoms with van der Waals surface area (Å²) in [5.41, 5.74) is 0. The van der Waals surface area contributed by atoms with E-state index in [0.717, 1.165) is 12.8 Å². The Bertz CT molecular complexity index is 248. The molecule has 16 heavy (non-hydrogen) atoms. The molecule has 1 N–H and O–H groups in total. The van der Waals surface area contributed by atoms with Crippen molar-refractivity contribution in [3.05, 3.63) is 11.9 Å². The molecule has 5 heteroatoms. The lowest BCUT2D eigenvalue weighted by Gasteiger charge is -2.05. The summed E-state index contributed by atoms with van der Waals surface area (Å²) in [5.74, 6) is -1.14. The minimum absolute atomic E-state index is 0.0797. The van der Waals surface area contributed by atoms with Gasteiger partial charge in [-0.05, 0) is 12.3 Å². The zero-order chi connectivity index (χ0) is 12.6. The predicted octanol–water partition coefficient (Wildman–Crippen LogP) is 3.40. The number of hydrogen-bond acceptors (Lipinski definition) is 1. The van der Waals surface area contributed by atoms with Crippen molar-refractivity contribution in [2.24, 2.45) is 5.92 Å². The van der Waals surface area contributed by atoms with Crippen LogP contribution in [-0.4, -0.2) is 12.5 Å². The molecule has 0 aromatic carbocycles. The predicted molar refractivity (Wildman–Crippen MR) is 56.7 cm³/mol. The lowest BCUT2D eigenvalue weighted by Crippen LogP contribution is -2.24. The van der Waals surface area contributed by atoms with E-state index in [1.807, 2.05) is 0 Å². The van der Waals surface area contributed by atoms with Crippen LogP contribution in [0.5, 0.6) is 0 Å². The van der Waals surface area contributed by atoms with E-state index >= 15 is 0 Å². The molecular weight excluding hydrogens is 219 g/mol. The summed E-state index contributed by atoms with van der Waals surface area (Å²) in [5, 5.41) is 2.40. The largest absolute Gasteiger partial charge is 0.356 e. The molecule has 0 atom stereocenters. The van der Waals surface area contributed by atoms with E-state index in [0.29, 0.717) is 12.3 Å². The molecule has 0 spiro atoms. The SMILES string of the molecule is CC(C)CCCC(=O)NCCC(F)=C(F)F. The molecule has 0 aliphatic heterocycles. The average molecular weight is 237 g/mol. The molecule has 94 valence electrons. The normalized spacial score (nSPS) is 10.4. The number of carbonyl (C=O) groups is 1. The van der Waals surface area contributed by atoms with Gasteiger partial charge < -0.3 is 5.32 Å². The lowest BCUT2D eigenvalue weighted by molar-refractivity contribution is -0.121. The van der Waals surface area contributed by atoms with E-state index in [1.54, 1.807) is 0 Å². The van der Waals surface area contributed by atoms with Gasteiger partial charge in [0.15, 0.2) is 5.83 Å². The van der Waals surface area contributed by atoms with Crippen LogP contribution in [0.3, 0.4) is 0 Å². The number of nitrogens with one attached hydrogen (secondary N) is 1. The van der Waals surface area contributed by atoms with Crippen molar-refractivity contribution in [2.45, 2.75) is 39.5 Å². The van der Waals surface area contributed by atoms with Crippen LogP contribution in [0.15, 0.2) is 11.9 Å². The van der Waals surface area contributed by atoms with E-state index in [1.165, 1.54) is 0 Å². The van der Waals surface area contributed by atoms with Gasteiger partial charge in [-0.15, -0.1) is 0 Å². The zero-order valence-electron chi connectivity index (χ0n) is 9.66. The fraction of sp³-hybridized carbons (Fsp3) is 0.727. The Morgan fingerprint density at radius 1 is 1.19 bits per heavy atom. The number of amides is 1. The second-order valence-electron chi connectivity index (χ2n) is 4.05. The summed E-state index contributed by atoms with van der Waals surface area (Å²) in [7, 11) is 0. The summed E-state index contributed by atoms with van der Waals surface area (Å²) < 4.78 is 35.6. The molecule has 0 fully saturated rings. The molecule has 0 saturated heterocycles. The minimum Gasteiger partial charge on any atom is -0.356 e. The summed E-state index contributed by atoms with van der Waals surface area (Å²) in [6.45, 7) is 4.04. The van der Waals surface area contributed by atoms with Crippen molar-refractivity contribution >= 4 is 5.91 Å². The summed E-state index contributed by atoms with van der Waals surface area (Å²) in [4.78, 5) is 11.1. The van der Waals surface area contributed by atoms with Gasteiger partial charge in [0, 0.05) is 19.4 Å². The van der Waals surface area contributed by atoms with Crippen LogP contribution in [0.2, 0.25) is 0 Å². The van der Waals surface area contributed by atoms with Gasteiger partial charge in [-0.1, -0.05) is 20.3 Å². The van der Waals surface area contributed by atoms with Crippen LogP contribution in [0.1, 0.15) is 39.5 Å². The van der Waals surface area contributed by atoms with Crippen molar-refractivity contribution in [2.75, 3.05) is 6.54 Å². The maximum absolute atomic E-state index is 12.3. The number of hydrogen-bond donors (Lipinski definition) is 1. The second kappa shape index (κ2) is 8.19. The third kappa shape index (κ3) is 8.32. The Morgan fingerprint density at radius 2 is 1.81 bits per heavy atom. The molecule has 0 rings (SSSR count). The van der Waals surface area contributed by atoms with Crippen LogP contribution in [0, 0.1) is 5.92 Å². The molecule has 0 bridgehead atoms. The molecule has 0 saturated carbocycles. The average Bonchev–Trinajstić information content (AvgIpc) is 2.16. The van der Waals surface area contributed by atoms with Gasteiger partial charge in [0.05, 0.1) is 0 Å². The monoisotopic (exact) mass is 237 g/mol. The highest BCUT2D eigenvalue weighted by Gasteiger charge is 2.06. The van der Waals surface area contributed by atoms with Gasteiger partial charge in [-0.2, -0.15) is 8.78 Å². The third-order valence-corrected chi connectivity index (χ3v) is 2.06. The standard InChI is InChI=1S/C11H18F3NO/c1-8(2)4-3-5-10(16)15-7-6-9(12)11(13)14/h8H,3-7H2,1-2H3,(H,15,16). The molecule has 0 heterocycles. The maximum Gasteiger partial charge on any atom is 0.301 e. The molecule has 1 amide bonds. The number of halogens is 3. The van der Waals surface area contributed by atoms with Gasteiger partial charge in [0.1, 0.15) is 0 Å². The molecule has 0 aliphatic rings. The fourth-order valence-corrected chi connectivity index (χ4v) is 1.17. The first-order valence-electron chi connectivity index (χ1n) is 5.39. The summed E-state index contributed by atoms with van der Waals surface area (Å²) >= 11 is 0. The van der Waals surface area contributed by atoms with Gasteiger partial charge in [-0.3, -0.25) is 4.79 Å². The van der Waals surface area contributed by atoms with E-state index in [9.17, 15) is 18.0 Å².